The van der Waals surface area contributed by atoms with Crippen LogP contribution in [0.25, 0.3) is 0 Å². The highest BCUT2D eigenvalue weighted by Gasteiger charge is 2.17. The lowest BCUT2D eigenvalue weighted by molar-refractivity contribution is 0.166. The second kappa shape index (κ2) is 6.45. The van der Waals surface area contributed by atoms with Gasteiger partial charge in [-0.3, -0.25) is 4.90 Å². The zero-order valence-electron chi connectivity index (χ0n) is 12.5. The maximum Gasteiger partial charge on any atom is 0.165 e. The summed E-state index contributed by atoms with van der Waals surface area (Å²) in [5.41, 5.74) is 4.24. The molecule has 0 amide bonds. The fraction of sp³-hybridized carbons (Fsp3) is 0.438. The lowest BCUT2D eigenvalue weighted by atomic mass is 10.1. The molecule has 0 atom stereocenters. The molecule has 0 unspecified atom stereocenters. The second-order valence-electron chi connectivity index (χ2n) is 5.11. The van der Waals surface area contributed by atoms with Crippen molar-refractivity contribution in [2.24, 2.45) is 0 Å². The molecule has 5 heteroatoms. The third kappa shape index (κ3) is 3.19. The van der Waals surface area contributed by atoms with Crippen molar-refractivity contribution in [3.8, 4) is 11.5 Å². The lowest BCUT2D eigenvalue weighted by Crippen LogP contribution is -2.24. The Hall–Kier alpha value is -1.59. The third-order valence-electron chi connectivity index (χ3n) is 3.70. The Labute approximate surface area is 129 Å². The summed E-state index contributed by atoms with van der Waals surface area (Å²) in [5, 5.41) is 0. The number of para-hydroxylation sites is 1. The van der Waals surface area contributed by atoms with Crippen LogP contribution in [0.4, 0.5) is 0 Å². The van der Waals surface area contributed by atoms with E-state index in [0.717, 1.165) is 36.8 Å². The van der Waals surface area contributed by atoms with Gasteiger partial charge in [0.05, 0.1) is 11.2 Å². The molecule has 1 aromatic carbocycles. The Morgan fingerprint density at radius 2 is 2.10 bits per heavy atom. The zero-order valence-corrected chi connectivity index (χ0v) is 13.3. The molecule has 0 saturated heterocycles. The van der Waals surface area contributed by atoms with Crippen molar-refractivity contribution in [1.29, 1.82) is 0 Å². The van der Waals surface area contributed by atoms with Crippen LogP contribution in [0.5, 0.6) is 11.5 Å². The molecular weight excluding hydrogens is 284 g/mol. The maximum atomic E-state index is 5.80. The van der Waals surface area contributed by atoms with Gasteiger partial charge in [0.2, 0.25) is 0 Å². The van der Waals surface area contributed by atoms with Crippen LogP contribution in [0, 0.1) is 6.92 Å². The van der Waals surface area contributed by atoms with Crippen LogP contribution in [-0.2, 0) is 13.1 Å². The van der Waals surface area contributed by atoms with Crippen LogP contribution in [0.1, 0.15) is 23.1 Å². The average Bonchev–Trinajstić information content (AvgIpc) is 2.92. The van der Waals surface area contributed by atoms with E-state index >= 15 is 0 Å². The van der Waals surface area contributed by atoms with Gasteiger partial charge in [0.15, 0.2) is 11.5 Å². The number of benzene rings is 1. The number of aromatic nitrogens is 1. The molecule has 4 nitrogen and oxygen atoms in total. The van der Waals surface area contributed by atoms with Crippen molar-refractivity contribution in [2.75, 3.05) is 19.8 Å². The van der Waals surface area contributed by atoms with Gasteiger partial charge in [-0.15, -0.1) is 11.3 Å². The summed E-state index contributed by atoms with van der Waals surface area (Å²) in [6.07, 6.45) is 0. The smallest absolute Gasteiger partial charge is 0.165 e. The van der Waals surface area contributed by atoms with Crippen LogP contribution in [0.2, 0.25) is 0 Å². The van der Waals surface area contributed by atoms with Crippen LogP contribution in [-0.4, -0.2) is 29.6 Å². The van der Waals surface area contributed by atoms with Gasteiger partial charge in [-0.25, -0.2) is 4.98 Å². The van der Waals surface area contributed by atoms with Crippen molar-refractivity contribution in [3.05, 3.63) is 39.8 Å². The summed E-state index contributed by atoms with van der Waals surface area (Å²) in [5.74, 6) is 1.77. The minimum atomic E-state index is 0.629. The van der Waals surface area contributed by atoms with Crippen LogP contribution >= 0.6 is 11.3 Å². The highest BCUT2D eigenvalue weighted by atomic mass is 32.1. The summed E-state index contributed by atoms with van der Waals surface area (Å²) in [7, 11) is 0. The van der Waals surface area contributed by atoms with Gasteiger partial charge in [-0.2, -0.15) is 0 Å². The third-order valence-corrected chi connectivity index (χ3v) is 4.62. The Morgan fingerprint density at radius 1 is 1.24 bits per heavy atom. The van der Waals surface area contributed by atoms with Crippen molar-refractivity contribution in [1.82, 2.24) is 9.88 Å². The van der Waals surface area contributed by atoms with Gasteiger partial charge >= 0.3 is 0 Å². The van der Waals surface area contributed by atoms with Crippen molar-refractivity contribution in [2.45, 2.75) is 26.9 Å². The number of hydrogen-bond donors (Lipinski definition) is 0. The average molecular weight is 304 g/mol. The van der Waals surface area contributed by atoms with E-state index in [1.807, 2.05) is 17.6 Å². The van der Waals surface area contributed by atoms with Gasteiger partial charge < -0.3 is 9.47 Å². The van der Waals surface area contributed by atoms with Crippen LogP contribution in [0.15, 0.2) is 23.7 Å². The molecule has 0 fully saturated rings. The van der Waals surface area contributed by atoms with Crippen LogP contribution < -0.4 is 9.47 Å². The number of aryl methyl sites for hydroxylation is 1. The van der Waals surface area contributed by atoms with E-state index in [0.29, 0.717) is 13.2 Å². The summed E-state index contributed by atoms with van der Waals surface area (Å²) in [4.78, 5) is 8.06. The van der Waals surface area contributed by atoms with E-state index in [-0.39, 0.29) is 0 Å². The van der Waals surface area contributed by atoms with Crippen LogP contribution in [0.3, 0.4) is 0 Å². The minimum Gasteiger partial charge on any atom is -0.486 e. The fourth-order valence-electron chi connectivity index (χ4n) is 2.46. The summed E-state index contributed by atoms with van der Waals surface area (Å²) in [6.45, 7) is 8.29. The topological polar surface area (TPSA) is 34.6 Å². The van der Waals surface area contributed by atoms with Gasteiger partial charge in [-0.05, 0) is 19.5 Å². The predicted octanol–water partition coefficient (Wildman–Crippen LogP) is 3.24. The predicted molar refractivity (Wildman–Crippen MR) is 84.1 cm³/mol. The zero-order chi connectivity index (χ0) is 14.7. The summed E-state index contributed by atoms with van der Waals surface area (Å²) >= 11 is 1.72. The van der Waals surface area contributed by atoms with Crippen molar-refractivity contribution >= 4 is 11.3 Å². The molecule has 1 aliphatic rings. The molecule has 112 valence electrons. The Balaban J connectivity index is 1.76. The number of rotatable bonds is 5. The molecule has 0 N–H and O–H groups in total. The van der Waals surface area contributed by atoms with Gasteiger partial charge in [0, 0.05) is 23.5 Å². The summed E-state index contributed by atoms with van der Waals surface area (Å²) in [6, 6.07) is 6.13. The number of fused-ring (bicyclic) bond motifs is 1. The Kier molecular flexibility index (Phi) is 4.41. The molecule has 2 aromatic rings. The normalized spacial score (nSPS) is 13.7. The summed E-state index contributed by atoms with van der Waals surface area (Å²) < 4.78 is 11.5. The van der Waals surface area contributed by atoms with E-state index in [4.69, 9.17) is 9.47 Å². The van der Waals surface area contributed by atoms with Gasteiger partial charge in [-0.1, -0.05) is 19.1 Å². The largest absolute Gasteiger partial charge is 0.486 e. The molecule has 0 radical (unpaired) electrons. The first-order chi connectivity index (χ1) is 10.3. The Bertz CT molecular complexity index is 612. The monoisotopic (exact) mass is 304 g/mol. The number of thiazole rings is 1. The fourth-order valence-corrected chi connectivity index (χ4v) is 3.28. The molecule has 0 saturated carbocycles. The van der Waals surface area contributed by atoms with E-state index in [1.54, 1.807) is 11.3 Å². The molecule has 0 bridgehead atoms. The number of hydrogen-bond acceptors (Lipinski definition) is 5. The molecule has 0 aliphatic carbocycles. The highest BCUT2D eigenvalue weighted by molar-refractivity contribution is 7.09. The first kappa shape index (κ1) is 14.4. The lowest BCUT2D eigenvalue weighted by Gasteiger charge is -2.25. The number of ether oxygens (including phenoxy) is 2. The highest BCUT2D eigenvalue weighted by Crippen LogP contribution is 2.34. The SMILES string of the molecule is CCN(Cc1cccc2c1OCCO2)Cc1scnc1C. The first-order valence-corrected chi connectivity index (χ1v) is 8.14. The van der Waals surface area contributed by atoms with E-state index < -0.39 is 0 Å². The molecule has 2 heterocycles. The standard InChI is InChI=1S/C16H20N2O2S/c1-3-18(10-15-12(2)17-11-21-15)9-13-5-4-6-14-16(13)20-8-7-19-14/h4-6,11H,3,7-10H2,1-2H3. The van der Waals surface area contributed by atoms with E-state index in [2.05, 4.69) is 29.8 Å². The Morgan fingerprint density at radius 3 is 2.86 bits per heavy atom. The van der Waals surface area contributed by atoms with E-state index in [9.17, 15) is 0 Å². The minimum absolute atomic E-state index is 0.629. The molecule has 1 aromatic heterocycles. The number of nitrogens with zero attached hydrogens (tertiary/aromatic N) is 2. The maximum absolute atomic E-state index is 5.80. The van der Waals surface area contributed by atoms with Gasteiger partial charge in [0.25, 0.3) is 0 Å². The molecule has 3 rings (SSSR count). The van der Waals surface area contributed by atoms with Crippen molar-refractivity contribution in [3.63, 3.8) is 0 Å². The molecule has 1 aliphatic heterocycles. The first-order valence-electron chi connectivity index (χ1n) is 7.26. The quantitative estimate of drug-likeness (QED) is 0.849. The molecule has 21 heavy (non-hydrogen) atoms. The second-order valence-corrected chi connectivity index (χ2v) is 6.04. The van der Waals surface area contributed by atoms with Gasteiger partial charge in [0.1, 0.15) is 13.2 Å². The van der Waals surface area contributed by atoms with E-state index in [1.165, 1.54) is 10.4 Å². The van der Waals surface area contributed by atoms with Crippen molar-refractivity contribution < 1.29 is 9.47 Å². The molecular formula is C16H20N2O2S. The molecule has 0 spiro atoms.